The van der Waals surface area contributed by atoms with E-state index in [-0.39, 0.29) is 0 Å². The lowest BCUT2D eigenvalue weighted by Crippen LogP contribution is -1.97. The van der Waals surface area contributed by atoms with E-state index in [1.165, 1.54) is 10.5 Å². The number of thioether (sulfide) groups is 1. The molecule has 0 aliphatic carbocycles. The van der Waals surface area contributed by atoms with Gasteiger partial charge in [-0.2, -0.15) is 0 Å². The number of hydrogen-bond donors (Lipinski definition) is 0. The molecule has 0 N–H and O–H groups in total. The maximum Gasteiger partial charge on any atom is 0.0636 e. The van der Waals surface area contributed by atoms with Crippen LogP contribution in [-0.2, 0) is 6.54 Å². The Balaban J connectivity index is 1.82. The second kappa shape index (κ2) is 7.02. The zero-order valence-electron chi connectivity index (χ0n) is 10.5. The molecule has 0 aliphatic rings. The highest BCUT2D eigenvalue weighted by Crippen LogP contribution is 2.21. The van der Waals surface area contributed by atoms with E-state index in [9.17, 15) is 0 Å². The van der Waals surface area contributed by atoms with E-state index >= 15 is 0 Å². The van der Waals surface area contributed by atoms with Crippen molar-refractivity contribution in [2.24, 2.45) is 4.99 Å². The minimum absolute atomic E-state index is 0.399. The Morgan fingerprint density at radius 2 is 1.61 bits per heavy atom. The zero-order valence-corrected chi connectivity index (χ0v) is 11.3. The van der Waals surface area contributed by atoms with E-state index in [0.29, 0.717) is 5.25 Å². The highest BCUT2D eigenvalue weighted by molar-refractivity contribution is 8.00. The first-order valence-corrected chi connectivity index (χ1v) is 6.98. The fourth-order valence-electron chi connectivity index (χ4n) is 1.63. The van der Waals surface area contributed by atoms with Crippen LogP contribution in [0.2, 0.25) is 0 Å². The summed E-state index contributed by atoms with van der Waals surface area (Å²) < 4.78 is 0. The van der Waals surface area contributed by atoms with Crippen LogP contribution in [0, 0.1) is 0 Å². The van der Waals surface area contributed by atoms with E-state index in [2.05, 4.69) is 48.3 Å². The molecule has 0 heterocycles. The molecular formula is C16H17NS. The number of hydrogen-bond acceptors (Lipinski definition) is 2. The van der Waals surface area contributed by atoms with Crippen LogP contribution in [-0.4, -0.2) is 11.5 Å². The molecule has 1 unspecified atom stereocenters. The lowest BCUT2D eigenvalue weighted by Gasteiger charge is -2.05. The van der Waals surface area contributed by atoms with Gasteiger partial charge in [-0.1, -0.05) is 48.5 Å². The van der Waals surface area contributed by atoms with E-state index < -0.39 is 0 Å². The quantitative estimate of drug-likeness (QED) is 0.568. The molecule has 0 amide bonds. The van der Waals surface area contributed by atoms with Gasteiger partial charge in [0.2, 0.25) is 0 Å². The minimum Gasteiger partial charge on any atom is -0.292 e. The van der Waals surface area contributed by atoms with Gasteiger partial charge in [-0.25, -0.2) is 0 Å². The molecule has 2 aromatic carbocycles. The fourth-order valence-corrected chi connectivity index (χ4v) is 2.52. The van der Waals surface area contributed by atoms with Gasteiger partial charge in [-0.15, -0.1) is 11.8 Å². The van der Waals surface area contributed by atoms with Gasteiger partial charge >= 0.3 is 0 Å². The molecule has 2 aromatic rings. The maximum atomic E-state index is 4.49. The normalized spacial score (nSPS) is 12.7. The van der Waals surface area contributed by atoms with E-state index in [1.54, 1.807) is 0 Å². The van der Waals surface area contributed by atoms with Gasteiger partial charge in [0.1, 0.15) is 0 Å². The smallest absolute Gasteiger partial charge is 0.0636 e. The van der Waals surface area contributed by atoms with Crippen molar-refractivity contribution in [3.05, 3.63) is 66.2 Å². The zero-order chi connectivity index (χ0) is 12.6. The van der Waals surface area contributed by atoms with Gasteiger partial charge in [0.25, 0.3) is 0 Å². The maximum absolute atomic E-state index is 4.49. The molecule has 1 atom stereocenters. The molecular weight excluding hydrogens is 238 g/mol. The summed E-state index contributed by atoms with van der Waals surface area (Å²) in [5.41, 5.74) is 1.26. The van der Waals surface area contributed by atoms with Crippen molar-refractivity contribution >= 4 is 18.0 Å². The van der Waals surface area contributed by atoms with Crippen molar-refractivity contribution < 1.29 is 0 Å². The lowest BCUT2D eigenvalue weighted by molar-refractivity contribution is 1.06. The first kappa shape index (κ1) is 12.9. The first-order chi connectivity index (χ1) is 8.84. The Hall–Kier alpha value is -1.54. The summed E-state index contributed by atoms with van der Waals surface area (Å²) >= 11 is 1.83. The van der Waals surface area contributed by atoms with Gasteiger partial charge in [-0.05, 0) is 24.6 Å². The number of rotatable bonds is 5. The Kier molecular flexibility index (Phi) is 5.03. The van der Waals surface area contributed by atoms with Crippen LogP contribution in [0.4, 0.5) is 0 Å². The monoisotopic (exact) mass is 255 g/mol. The van der Waals surface area contributed by atoms with Crippen LogP contribution in [0.3, 0.4) is 0 Å². The Bertz CT molecular complexity index is 479. The van der Waals surface area contributed by atoms with E-state index in [4.69, 9.17) is 0 Å². The molecule has 0 spiro atoms. The minimum atomic E-state index is 0.399. The first-order valence-electron chi connectivity index (χ1n) is 6.10. The van der Waals surface area contributed by atoms with Gasteiger partial charge in [0.15, 0.2) is 0 Å². The van der Waals surface area contributed by atoms with Crippen molar-refractivity contribution in [1.82, 2.24) is 0 Å². The molecule has 0 fully saturated rings. The van der Waals surface area contributed by atoms with Crippen molar-refractivity contribution in [3.63, 3.8) is 0 Å². The fraction of sp³-hybridized carbons (Fsp3) is 0.188. The third-order valence-electron chi connectivity index (χ3n) is 2.50. The summed E-state index contributed by atoms with van der Waals surface area (Å²) in [6.45, 7) is 2.94. The van der Waals surface area contributed by atoms with Crippen LogP contribution in [0.1, 0.15) is 12.5 Å². The summed E-state index contributed by atoms with van der Waals surface area (Å²) in [6, 6.07) is 20.8. The van der Waals surface area contributed by atoms with Crippen LogP contribution < -0.4 is 0 Å². The molecule has 0 aliphatic heterocycles. The second-order valence-electron chi connectivity index (χ2n) is 4.11. The molecule has 0 aromatic heterocycles. The Morgan fingerprint density at radius 1 is 1.00 bits per heavy atom. The highest BCUT2D eigenvalue weighted by atomic mass is 32.2. The van der Waals surface area contributed by atoms with Crippen molar-refractivity contribution in [3.8, 4) is 0 Å². The molecule has 0 saturated carbocycles. The lowest BCUT2D eigenvalue weighted by atomic mass is 10.2. The summed E-state index contributed by atoms with van der Waals surface area (Å²) in [5.74, 6) is 0. The largest absolute Gasteiger partial charge is 0.292 e. The van der Waals surface area contributed by atoms with Crippen LogP contribution in [0.25, 0.3) is 0 Å². The summed E-state index contributed by atoms with van der Waals surface area (Å²) in [7, 11) is 0. The molecule has 1 nitrogen and oxygen atoms in total. The van der Waals surface area contributed by atoms with Gasteiger partial charge < -0.3 is 0 Å². The average Bonchev–Trinajstić information content (AvgIpc) is 2.41. The van der Waals surface area contributed by atoms with Crippen molar-refractivity contribution in [1.29, 1.82) is 0 Å². The molecule has 18 heavy (non-hydrogen) atoms. The second-order valence-corrected chi connectivity index (χ2v) is 5.56. The average molecular weight is 255 g/mol. The van der Waals surface area contributed by atoms with Gasteiger partial charge in [0, 0.05) is 16.4 Å². The topological polar surface area (TPSA) is 12.4 Å². The van der Waals surface area contributed by atoms with Crippen LogP contribution in [0.5, 0.6) is 0 Å². The number of benzene rings is 2. The number of nitrogens with zero attached hydrogens (tertiary/aromatic N) is 1. The molecule has 0 bridgehead atoms. The summed E-state index contributed by atoms with van der Waals surface area (Å²) in [5, 5.41) is 0.399. The molecule has 2 rings (SSSR count). The summed E-state index contributed by atoms with van der Waals surface area (Å²) in [4.78, 5) is 5.78. The summed E-state index contributed by atoms with van der Waals surface area (Å²) in [6.07, 6.45) is 2.03. The van der Waals surface area contributed by atoms with Crippen LogP contribution >= 0.6 is 11.8 Å². The highest BCUT2D eigenvalue weighted by Gasteiger charge is 1.99. The standard InChI is InChI=1S/C16H17NS/c1-14(18-16-10-6-3-7-11-16)12-17-13-15-8-4-2-5-9-15/h2-12,14H,13H2,1H3. The van der Waals surface area contributed by atoms with Crippen LogP contribution in [0.15, 0.2) is 70.6 Å². The SMILES string of the molecule is CC(C=NCc1ccccc1)Sc1ccccc1. The van der Waals surface area contributed by atoms with E-state index in [1.807, 2.05) is 42.2 Å². The predicted octanol–water partition coefficient (Wildman–Crippen LogP) is 4.44. The Morgan fingerprint density at radius 3 is 2.28 bits per heavy atom. The molecule has 92 valence electrons. The van der Waals surface area contributed by atoms with Gasteiger partial charge in [0.05, 0.1) is 6.54 Å². The third-order valence-corrected chi connectivity index (χ3v) is 3.54. The van der Waals surface area contributed by atoms with Crippen molar-refractivity contribution in [2.75, 3.05) is 0 Å². The number of aliphatic imine (C=N–C) groups is 1. The van der Waals surface area contributed by atoms with Gasteiger partial charge in [-0.3, -0.25) is 4.99 Å². The van der Waals surface area contributed by atoms with Crippen molar-refractivity contribution in [2.45, 2.75) is 23.6 Å². The molecule has 2 heteroatoms. The third kappa shape index (κ3) is 4.38. The molecule has 0 radical (unpaired) electrons. The Labute approximate surface area is 113 Å². The predicted molar refractivity (Wildman–Crippen MR) is 80.4 cm³/mol. The van der Waals surface area contributed by atoms with E-state index in [0.717, 1.165) is 6.54 Å². The molecule has 0 saturated heterocycles.